The molecule has 2 atom stereocenters. The quantitative estimate of drug-likeness (QED) is 0.816. The second-order valence-electron chi connectivity index (χ2n) is 5.81. The SMILES string of the molecule is CC1CCCN(C(=O)CCC2CCNC2)CC1. The van der Waals surface area contributed by atoms with E-state index in [1.807, 2.05) is 0 Å². The van der Waals surface area contributed by atoms with Gasteiger partial charge in [0.25, 0.3) is 0 Å². The summed E-state index contributed by atoms with van der Waals surface area (Å²) in [6.07, 6.45) is 6.77. The highest BCUT2D eigenvalue weighted by Gasteiger charge is 2.20. The number of hydrogen-bond acceptors (Lipinski definition) is 2. The minimum Gasteiger partial charge on any atom is -0.343 e. The van der Waals surface area contributed by atoms with Crippen molar-refractivity contribution in [2.45, 2.75) is 45.4 Å². The Balaban J connectivity index is 1.70. The molecule has 17 heavy (non-hydrogen) atoms. The third kappa shape index (κ3) is 3.98. The number of rotatable bonds is 3. The van der Waals surface area contributed by atoms with Gasteiger partial charge < -0.3 is 10.2 Å². The first-order valence-corrected chi connectivity index (χ1v) is 7.24. The third-order valence-electron chi connectivity index (χ3n) is 4.30. The van der Waals surface area contributed by atoms with Gasteiger partial charge in [0.1, 0.15) is 0 Å². The zero-order chi connectivity index (χ0) is 12.1. The van der Waals surface area contributed by atoms with E-state index in [0.29, 0.717) is 5.91 Å². The Hall–Kier alpha value is -0.570. The van der Waals surface area contributed by atoms with E-state index in [0.717, 1.165) is 50.9 Å². The molecule has 98 valence electrons. The molecule has 2 fully saturated rings. The summed E-state index contributed by atoms with van der Waals surface area (Å²) in [5.41, 5.74) is 0. The van der Waals surface area contributed by atoms with Gasteiger partial charge in [0, 0.05) is 19.5 Å². The van der Waals surface area contributed by atoms with Gasteiger partial charge in [-0.2, -0.15) is 0 Å². The molecule has 2 unspecified atom stereocenters. The molecule has 3 heteroatoms. The molecule has 0 aromatic rings. The second-order valence-corrected chi connectivity index (χ2v) is 5.81. The van der Waals surface area contributed by atoms with Crippen molar-refractivity contribution in [1.82, 2.24) is 10.2 Å². The topological polar surface area (TPSA) is 32.3 Å². The first-order valence-electron chi connectivity index (χ1n) is 7.24. The fourth-order valence-corrected chi connectivity index (χ4v) is 2.96. The number of amides is 1. The summed E-state index contributed by atoms with van der Waals surface area (Å²) in [5.74, 6) is 1.93. The predicted molar refractivity (Wildman–Crippen MR) is 69.8 cm³/mol. The van der Waals surface area contributed by atoms with Crippen molar-refractivity contribution in [3.05, 3.63) is 0 Å². The Morgan fingerprint density at radius 3 is 2.94 bits per heavy atom. The van der Waals surface area contributed by atoms with E-state index in [2.05, 4.69) is 17.1 Å². The van der Waals surface area contributed by atoms with Crippen molar-refractivity contribution in [3.8, 4) is 0 Å². The van der Waals surface area contributed by atoms with E-state index >= 15 is 0 Å². The third-order valence-corrected chi connectivity index (χ3v) is 4.30. The van der Waals surface area contributed by atoms with E-state index < -0.39 is 0 Å². The van der Waals surface area contributed by atoms with Crippen LogP contribution in [0.3, 0.4) is 0 Å². The highest BCUT2D eigenvalue weighted by Crippen LogP contribution is 2.19. The number of likely N-dealkylation sites (tertiary alicyclic amines) is 1. The van der Waals surface area contributed by atoms with Gasteiger partial charge in [-0.25, -0.2) is 0 Å². The predicted octanol–water partition coefficient (Wildman–Crippen LogP) is 2.02. The van der Waals surface area contributed by atoms with Crippen LogP contribution in [-0.2, 0) is 4.79 Å². The van der Waals surface area contributed by atoms with Crippen LogP contribution >= 0.6 is 0 Å². The summed E-state index contributed by atoms with van der Waals surface area (Å²) >= 11 is 0. The molecule has 0 saturated carbocycles. The molecule has 1 N–H and O–H groups in total. The van der Waals surface area contributed by atoms with E-state index in [1.165, 1.54) is 25.7 Å². The number of nitrogens with zero attached hydrogens (tertiary/aromatic N) is 1. The van der Waals surface area contributed by atoms with Crippen LogP contribution in [0.25, 0.3) is 0 Å². The molecule has 2 heterocycles. The number of carbonyl (C=O) groups is 1. The smallest absolute Gasteiger partial charge is 0.222 e. The Morgan fingerprint density at radius 1 is 1.29 bits per heavy atom. The van der Waals surface area contributed by atoms with Crippen LogP contribution in [0.5, 0.6) is 0 Å². The van der Waals surface area contributed by atoms with Crippen molar-refractivity contribution in [2.75, 3.05) is 26.2 Å². The number of hydrogen-bond donors (Lipinski definition) is 1. The van der Waals surface area contributed by atoms with Crippen molar-refractivity contribution in [3.63, 3.8) is 0 Å². The zero-order valence-corrected chi connectivity index (χ0v) is 11.1. The van der Waals surface area contributed by atoms with Crippen LogP contribution < -0.4 is 5.32 Å². The lowest BCUT2D eigenvalue weighted by Gasteiger charge is -2.21. The van der Waals surface area contributed by atoms with Crippen LogP contribution in [0.15, 0.2) is 0 Å². The van der Waals surface area contributed by atoms with E-state index in [9.17, 15) is 4.79 Å². The van der Waals surface area contributed by atoms with Gasteiger partial charge in [-0.15, -0.1) is 0 Å². The molecule has 0 spiro atoms. The summed E-state index contributed by atoms with van der Waals surface area (Å²) < 4.78 is 0. The second kappa shape index (κ2) is 6.39. The molecule has 0 aromatic carbocycles. The first-order chi connectivity index (χ1) is 8.25. The molecular formula is C14H26N2O. The molecular weight excluding hydrogens is 212 g/mol. The van der Waals surface area contributed by atoms with E-state index in [-0.39, 0.29) is 0 Å². The van der Waals surface area contributed by atoms with Crippen molar-refractivity contribution >= 4 is 5.91 Å². The first kappa shape index (κ1) is 12.9. The number of carbonyl (C=O) groups excluding carboxylic acids is 1. The van der Waals surface area contributed by atoms with Crippen LogP contribution in [0, 0.1) is 11.8 Å². The summed E-state index contributed by atoms with van der Waals surface area (Å²) in [6.45, 7) is 6.54. The fourth-order valence-electron chi connectivity index (χ4n) is 2.96. The van der Waals surface area contributed by atoms with Crippen LogP contribution in [0.4, 0.5) is 0 Å². The van der Waals surface area contributed by atoms with Gasteiger partial charge in [0.2, 0.25) is 5.91 Å². The van der Waals surface area contributed by atoms with Crippen molar-refractivity contribution in [2.24, 2.45) is 11.8 Å². The normalized spacial score (nSPS) is 30.3. The Labute approximate surface area is 105 Å². The minimum absolute atomic E-state index is 0.394. The highest BCUT2D eigenvalue weighted by molar-refractivity contribution is 5.76. The highest BCUT2D eigenvalue weighted by atomic mass is 16.2. The van der Waals surface area contributed by atoms with Gasteiger partial charge in [-0.1, -0.05) is 6.92 Å². The maximum Gasteiger partial charge on any atom is 0.222 e. The molecule has 2 aliphatic rings. The van der Waals surface area contributed by atoms with Gasteiger partial charge >= 0.3 is 0 Å². The molecule has 3 nitrogen and oxygen atoms in total. The van der Waals surface area contributed by atoms with Gasteiger partial charge in [-0.3, -0.25) is 4.79 Å². The summed E-state index contributed by atoms with van der Waals surface area (Å²) in [5, 5.41) is 3.37. The average Bonchev–Trinajstić information content (AvgIpc) is 2.74. The molecule has 2 saturated heterocycles. The minimum atomic E-state index is 0.394. The van der Waals surface area contributed by atoms with E-state index in [4.69, 9.17) is 0 Å². The zero-order valence-electron chi connectivity index (χ0n) is 11.1. The molecule has 2 rings (SSSR count). The lowest BCUT2D eigenvalue weighted by Crippen LogP contribution is -2.32. The summed E-state index contributed by atoms with van der Waals surface area (Å²) in [4.78, 5) is 14.2. The maximum absolute atomic E-state index is 12.1. The lowest BCUT2D eigenvalue weighted by molar-refractivity contribution is -0.131. The molecule has 0 radical (unpaired) electrons. The molecule has 0 bridgehead atoms. The lowest BCUT2D eigenvalue weighted by atomic mass is 10.0. The standard InChI is InChI=1S/C14H26N2O/c1-12-3-2-9-16(10-7-12)14(17)5-4-13-6-8-15-11-13/h12-13,15H,2-11H2,1H3. The van der Waals surface area contributed by atoms with Gasteiger partial charge in [-0.05, 0) is 57.0 Å². The summed E-state index contributed by atoms with van der Waals surface area (Å²) in [7, 11) is 0. The van der Waals surface area contributed by atoms with Crippen LogP contribution in [0.2, 0.25) is 0 Å². The van der Waals surface area contributed by atoms with Gasteiger partial charge in [0.05, 0.1) is 0 Å². The molecule has 0 aromatic heterocycles. The molecule has 0 aliphatic carbocycles. The Kier molecular flexibility index (Phi) is 4.84. The average molecular weight is 238 g/mol. The van der Waals surface area contributed by atoms with Crippen LogP contribution in [-0.4, -0.2) is 37.0 Å². The molecule has 2 aliphatic heterocycles. The van der Waals surface area contributed by atoms with Crippen molar-refractivity contribution < 1.29 is 4.79 Å². The van der Waals surface area contributed by atoms with Crippen LogP contribution in [0.1, 0.15) is 45.4 Å². The Bertz CT molecular complexity index is 249. The van der Waals surface area contributed by atoms with E-state index in [1.54, 1.807) is 0 Å². The van der Waals surface area contributed by atoms with Crippen molar-refractivity contribution in [1.29, 1.82) is 0 Å². The maximum atomic E-state index is 12.1. The summed E-state index contributed by atoms with van der Waals surface area (Å²) in [6, 6.07) is 0. The fraction of sp³-hybridized carbons (Fsp3) is 0.929. The largest absolute Gasteiger partial charge is 0.343 e. The van der Waals surface area contributed by atoms with Gasteiger partial charge in [0.15, 0.2) is 0 Å². The monoisotopic (exact) mass is 238 g/mol. The number of nitrogens with one attached hydrogen (secondary N) is 1. The Morgan fingerprint density at radius 2 is 2.18 bits per heavy atom. The molecule has 1 amide bonds.